The standard InChI is InChI=1S/C22H19ClN4O2S2/c1-14-20(21(29)27(26(14)2)17-6-4-3-5-7-17)25-19(28)13-31-22-24-18(12-30-22)15-8-10-16(23)11-9-15/h3-12H,13H2,1-2H3,(H,25,28). The number of para-hydroxylation sites is 1. The number of amides is 1. The lowest BCUT2D eigenvalue weighted by Crippen LogP contribution is -2.23. The first-order valence-electron chi connectivity index (χ1n) is 9.42. The molecule has 0 spiro atoms. The minimum Gasteiger partial charge on any atom is -0.319 e. The molecule has 1 N–H and O–H groups in total. The van der Waals surface area contributed by atoms with Crippen LogP contribution in [0.15, 0.2) is 69.1 Å². The van der Waals surface area contributed by atoms with Gasteiger partial charge in [0.25, 0.3) is 5.56 Å². The van der Waals surface area contributed by atoms with E-state index in [1.807, 2.05) is 66.9 Å². The van der Waals surface area contributed by atoms with Gasteiger partial charge in [-0.05, 0) is 31.2 Å². The first kappa shape index (κ1) is 21.4. The van der Waals surface area contributed by atoms with Crippen molar-refractivity contribution in [1.82, 2.24) is 14.3 Å². The van der Waals surface area contributed by atoms with Gasteiger partial charge in [-0.1, -0.05) is 53.7 Å². The van der Waals surface area contributed by atoms with Crippen LogP contribution in [0.2, 0.25) is 5.02 Å². The average Bonchev–Trinajstić information content (AvgIpc) is 3.33. The van der Waals surface area contributed by atoms with Gasteiger partial charge < -0.3 is 5.32 Å². The van der Waals surface area contributed by atoms with Gasteiger partial charge in [0.2, 0.25) is 5.91 Å². The molecule has 4 aromatic rings. The van der Waals surface area contributed by atoms with Crippen LogP contribution < -0.4 is 10.9 Å². The van der Waals surface area contributed by atoms with Crippen LogP contribution in [0.25, 0.3) is 16.9 Å². The van der Waals surface area contributed by atoms with Gasteiger partial charge in [-0.25, -0.2) is 9.67 Å². The first-order valence-corrected chi connectivity index (χ1v) is 11.7. The fourth-order valence-corrected chi connectivity index (χ4v) is 4.85. The number of nitrogens with zero attached hydrogens (tertiary/aromatic N) is 3. The smallest absolute Gasteiger partial charge is 0.295 e. The number of thiazole rings is 1. The monoisotopic (exact) mass is 470 g/mol. The fourth-order valence-electron chi connectivity index (χ4n) is 3.09. The molecule has 158 valence electrons. The van der Waals surface area contributed by atoms with Crippen molar-refractivity contribution in [3.05, 3.63) is 81.0 Å². The van der Waals surface area contributed by atoms with Crippen LogP contribution in [0.4, 0.5) is 5.69 Å². The van der Waals surface area contributed by atoms with E-state index in [-0.39, 0.29) is 22.9 Å². The molecule has 4 rings (SSSR count). The van der Waals surface area contributed by atoms with Crippen molar-refractivity contribution in [3.8, 4) is 16.9 Å². The van der Waals surface area contributed by atoms with Gasteiger partial charge in [-0.3, -0.25) is 14.3 Å². The summed E-state index contributed by atoms with van der Waals surface area (Å²) in [6.45, 7) is 1.81. The summed E-state index contributed by atoms with van der Waals surface area (Å²) >= 11 is 8.75. The number of thioether (sulfide) groups is 1. The molecule has 0 radical (unpaired) electrons. The van der Waals surface area contributed by atoms with Crippen LogP contribution in [0.5, 0.6) is 0 Å². The summed E-state index contributed by atoms with van der Waals surface area (Å²) < 4.78 is 4.06. The Balaban J connectivity index is 1.44. The SMILES string of the molecule is Cc1c(NC(=O)CSc2nc(-c3ccc(Cl)cc3)cs2)c(=O)n(-c2ccccc2)n1C. The highest BCUT2D eigenvalue weighted by Gasteiger charge is 2.18. The Labute approximate surface area is 192 Å². The molecule has 2 aromatic heterocycles. The van der Waals surface area contributed by atoms with Gasteiger partial charge in [-0.15, -0.1) is 11.3 Å². The first-order chi connectivity index (χ1) is 14.9. The van der Waals surface area contributed by atoms with E-state index in [2.05, 4.69) is 10.3 Å². The lowest BCUT2D eigenvalue weighted by molar-refractivity contribution is -0.113. The molecular weight excluding hydrogens is 452 g/mol. The van der Waals surface area contributed by atoms with Crippen molar-refractivity contribution in [2.24, 2.45) is 7.05 Å². The van der Waals surface area contributed by atoms with Gasteiger partial charge in [0, 0.05) is 23.0 Å². The largest absolute Gasteiger partial charge is 0.319 e. The molecule has 0 aliphatic heterocycles. The Morgan fingerprint density at radius 1 is 1.16 bits per heavy atom. The van der Waals surface area contributed by atoms with Crippen LogP contribution in [-0.2, 0) is 11.8 Å². The zero-order chi connectivity index (χ0) is 22.0. The van der Waals surface area contributed by atoms with Crippen molar-refractivity contribution in [2.75, 3.05) is 11.1 Å². The Morgan fingerprint density at radius 2 is 1.87 bits per heavy atom. The summed E-state index contributed by atoms with van der Waals surface area (Å²) in [6, 6.07) is 16.8. The number of halogens is 1. The van der Waals surface area contributed by atoms with Crippen molar-refractivity contribution in [2.45, 2.75) is 11.3 Å². The molecule has 31 heavy (non-hydrogen) atoms. The third kappa shape index (κ3) is 4.61. The van der Waals surface area contributed by atoms with E-state index in [1.54, 1.807) is 11.7 Å². The minimum absolute atomic E-state index is 0.159. The van der Waals surface area contributed by atoms with Gasteiger partial charge >= 0.3 is 0 Å². The van der Waals surface area contributed by atoms with E-state index in [0.717, 1.165) is 21.3 Å². The predicted molar refractivity (Wildman–Crippen MR) is 128 cm³/mol. The normalized spacial score (nSPS) is 10.9. The van der Waals surface area contributed by atoms with E-state index >= 15 is 0 Å². The van der Waals surface area contributed by atoms with Gasteiger partial charge in [0.1, 0.15) is 5.69 Å². The number of benzene rings is 2. The molecule has 6 nitrogen and oxygen atoms in total. The Hall–Kier alpha value is -2.81. The van der Waals surface area contributed by atoms with Crippen LogP contribution in [-0.4, -0.2) is 26.0 Å². The van der Waals surface area contributed by atoms with Crippen LogP contribution in [0, 0.1) is 6.92 Å². The Morgan fingerprint density at radius 3 is 2.58 bits per heavy atom. The Bertz CT molecular complexity index is 1280. The van der Waals surface area contributed by atoms with E-state index in [0.29, 0.717) is 10.7 Å². The molecule has 2 heterocycles. The van der Waals surface area contributed by atoms with Gasteiger partial charge in [0.05, 0.1) is 22.8 Å². The molecule has 0 saturated heterocycles. The summed E-state index contributed by atoms with van der Waals surface area (Å²) in [5, 5.41) is 5.39. The molecular formula is C22H19ClN4O2S2. The number of hydrogen-bond donors (Lipinski definition) is 1. The fraction of sp³-hybridized carbons (Fsp3) is 0.136. The van der Waals surface area contributed by atoms with Crippen molar-refractivity contribution < 1.29 is 4.79 Å². The molecule has 0 aliphatic rings. The highest BCUT2D eigenvalue weighted by molar-refractivity contribution is 8.01. The molecule has 9 heteroatoms. The molecule has 0 atom stereocenters. The van der Waals surface area contributed by atoms with Crippen LogP contribution >= 0.6 is 34.7 Å². The predicted octanol–water partition coefficient (Wildman–Crippen LogP) is 4.99. The minimum atomic E-state index is -0.260. The molecule has 0 aliphatic carbocycles. The van der Waals surface area contributed by atoms with Gasteiger partial charge in [0.15, 0.2) is 4.34 Å². The van der Waals surface area contributed by atoms with Crippen molar-refractivity contribution >= 4 is 46.3 Å². The number of rotatable bonds is 6. The zero-order valence-corrected chi connectivity index (χ0v) is 19.2. The number of hydrogen-bond acceptors (Lipinski definition) is 5. The Kier molecular flexibility index (Phi) is 6.31. The summed E-state index contributed by atoms with van der Waals surface area (Å²) in [7, 11) is 1.79. The topological polar surface area (TPSA) is 68.9 Å². The maximum absolute atomic E-state index is 12.9. The molecule has 0 saturated carbocycles. The molecule has 0 bridgehead atoms. The van der Waals surface area contributed by atoms with Crippen molar-refractivity contribution in [3.63, 3.8) is 0 Å². The van der Waals surface area contributed by atoms with Crippen molar-refractivity contribution in [1.29, 1.82) is 0 Å². The average molecular weight is 471 g/mol. The third-order valence-electron chi connectivity index (χ3n) is 4.77. The highest BCUT2D eigenvalue weighted by Crippen LogP contribution is 2.29. The number of carbonyl (C=O) groups is 1. The van der Waals surface area contributed by atoms with Gasteiger partial charge in [-0.2, -0.15) is 0 Å². The van der Waals surface area contributed by atoms with E-state index in [9.17, 15) is 9.59 Å². The second kappa shape index (κ2) is 9.13. The summed E-state index contributed by atoms with van der Waals surface area (Å²) in [4.78, 5) is 30.0. The lowest BCUT2D eigenvalue weighted by Gasteiger charge is -2.07. The number of aromatic nitrogens is 3. The van der Waals surface area contributed by atoms with E-state index < -0.39 is 0 Å². The quantitative estimate of drug-likeness (QED) is 0.403. The lowest BCUT2D eigenvalue weighted by atomic mass is 10.2. The zero-order valence-electron chi connectivity index (χ0n) is 16.8. The second-order valence-electron chi connectivity index (χ2n) is 6.78. The maximum atomic E-state index is 12.9. The summed E-state index contributed by atoms with van der Waals surface area (Å²) in [6.07, 6.45) is 0. The molecule has 1 amide bonds. The van der Waals surface area contributed by atoms with E-state index in [4.69, 9.17) is 11.6 Å². The number of carbonyl (C=O) groups excluding carboxylic acids is 1. The molecule has 2 aromatic carbocycles. The number of nitrogens with one attached hydrogen (secondary N) is 1. The summed E-state index contributed by atoms with van der Waals surface area (Å²) in [5.41, 5.74) is 3.27. The summed E-state index contributed by atoms with van der Waals surface area (Å²) in [5.74, 6) is -0.0913. The highest BCUT2D eigenvalue weighted by atomic mass is 35.5. The van der Waals surface area contributed by atoms with Crippen LogP contribution in [0.1, 0.15) is 5.69 Å². The van der Waals surface area contributed by atoms with Crippen LogP contribution in [0.3, 0.4) is 0 Å². The maximum Gasteiger partial charge on any atom is 0.295 e. The second-order valence-corrected chi connectivity index (χ2v) is 9.30. The number of anilines is 1. The third-order valence-corrected chi connectivity index (χ3v) is 7.04. The molecule has 0 unspecified atom stereocenters. The molecule has 0 fully saturated rings. The van der Waals surface area contributed by atoms with E-state index in [1.165, 1.54) is 27.8 Å².